The molecule has 2 heterocycles. The third-order valence-corrected chi connectivity index (χ3v) is 4.15. The van der Waals surface area contributed by atoms with Gasteiger partial charge in [0.25, 0.3) is 0 Å². The fraction of sp³-hybridized carbons (Fsp3) is 0.231. The Balaban J connectivity index is 2.11. The molecule has 2 aromatic rings. The maximum Gasteiger partial charge on any atom is 0.345 e. The quantitative estimate of drug-likeness (QED) is 0.901. The highest BCUT2D eigenvalue weighted by Crippen LogP contribution is 2.48. The Kier molecular flexibility index (Phi) is 2.44. The number of rotatable bonds is 3. The SMILES string of the molecule is O=C(O)c1cc(-c2ccccn2)c(C2CC2)s1. The Morgan fingerprint density at radius 2 is 2.24 bits per heavy atom. The summed E-state index contributed by atoms with van der Waals surface area (Å²) in [5, 5.41) is 9.06. The first-order chi connectivity index (χ1) is 8.25. The molecule has 0 aliphatic heterocycles. The van der Waals surface area contributed by atoms with Crippen LogP contribution < -0.4 is 0 Å². The maximum atomic E-state index is 11.0. The van der Waals surface area contributed by atoms with Crippen molar-refractivity contribution in [3.05, 3.63) is 40.2 Å². The molecule has 1 fully saturated rings. The summed E-state index contributed by atoms with van der Waals surface area (Å²) in [6, 6.07) is 7.48. The number of hydrogen-bond acceptors (Lipinski definition) is 3. The van der Waals surface area contributed by atoms with Gasteiger partial charge in [-0.3, -0.25) is 4.98 Å². The Bertz CT molecular complexity index is 558. The molecule has 1 N–H and O–H groups in total. The van der Waals surface area contributed by atoms with Crippen molar-refractivity contribution >= 4 is 17.3 Å². The molecule has 3 nitrogen and oxygen atoms in total. The number of hydrogen-bond donors (Lipinski definition) is 1. The summed E-state index contributed by atoms with van der Waals surface area (Å²) in [5.74, 6) is -0.302. The van der Waals surface area contributed by atoms with E-state index in [-0.39, 0.29) is 0 Å². The molecule has 17 heavy (non-hydrogen) atoms. The lowest BCUT2D eigenvalue weighted by atomic mass is 10.1. The lowest BCUT2D eigenvalue weighted by molar-refractivity contribution is 0.0702. The van der Waals surface area contributed by atoms with Gasteiger partial charge < -0.3 is 5.11 Å². The average molecular weight is 245 g/mol. The van der Waals surface area contributed by atoms with Gasteiger partial charge in [0, 0.05) is 16.6 Å². The topological polar surface area (TPSA) is 50.2 Å². The van der Waals surface area contributed by atoms with Crippen LogP contribution in [0.15, 0.2) is 30.5 Å². The molecule has 3 rings (SSSR count). The second-order valence-electron chi connectivity index (χ2n) is 4.18. The van der Waals surface area contributed by atoms with Gasteiger partial charge in [-0.1, -0.05) is 6.07 Å². The summed E-state index contributed by atoms with van der Waals surface area (Å²) in [5.41, 5.74) is 1.87. The van der Waals surface area contributed by atoms with E-state index in [1.165, 1.54) is 29.1 Å². The van der Waals surface area contributed by atoms with Crippen molar-refractivity contribution in [1.82, 2.24) is 4.98 Å². The summed E-state index contributed by atoms with van der Waals surface area (Å²) < 4.78 is 0. The van der Waals surface area contributed by atoms with Gasteiger partial charge in [-0.05, 0) is 37.0 Å². The molecule has 0 bridgehead atoms. The molecular formula is C13H11NO2S. The van der Waals surface area contributed by atoms with Crippen molar-refractivity contribution in [1.29, 1.82) is 0 Å². The molecule has 0 radical (unpaired) electrons. The molecule has 1 aliphatic rings. The van der Waals surface area contributed by atoms with Crippen LogP contribution in [0.5, 0.6) is 0 Å². The number of pyridine rings is 1. The van der Waals surface area contributed by atoms with Gasteiger partial charge in [0.05, 0.1) is 5.69 Å². The van der Waals surface area contributed by atoms with Crippen molar-refractivity contribution in [2.45, 2.75) is 18.8 Å². The fourth-order valence-corrected chi connectivity index (χ4v) is 3.06. The third kappa shape index (κ3) is 1.96. The second kappa shape index (κ2) is 3.96. The number of aromatic nitrogens is 1. The van der Waals surface area contributed by atoms with E-state index < -0.39 is 5.97 Å². The maximum absolute atomic E-state index is 11.0. The van der Waals surface area contributed by atoms with Crippen LogP contribution in [0, 0.1) is 0 Å². The molecule has 1 saturated carbocycles. The van der Waals surface area contributed by atoms with Crippen LogP contribution in [-0.4, -0.2) is 16.1 Å². The predicted octanol–water partition coefficient (Wildman–Crippen LogP) is 3.39. The molecule has 0 spiro atoms. The summed E-state index contributed by atoms with van der Waals surface area (Å²) in [6.07, 6.45) is 4.07. The van der Waals surface area contributed by atoms with Crippen LogP contribution in [0.4, 0.5) is 0 Å². The number of carboxylic acids is 1. The molecule has 2 aromatic heterocycles. The number of aromatic carboxylic acids is 1. The minimum absolute atomic E-state index is 0.410. The predicted molar refractivity (Wildman–Crippen MR) is 66.5 cm³/mol. The minimum atomic E-state index is -0.848. The zero-order valence-corrected chi connectivity index (χ0v) is 9.91. The summed E-state index contributed by atoms with van der Waals surface area (Å²) >= 11 is 1.39. The van der Waals surface area contributed by atoms with Crippen molar-refractivity contribution in [3.8, 4) is 11.3 Å². The van der Waals surface area contributed by atoms with Crippen LogP contribution in [0.2, 0.25) is 0 Å². The van der Waals surface area contributed by atoms with Crippen LogP contribution in [0.25, 0.3) is 11.3 Å². The van der Waals surface area contributed by atoms with Crippen LogP contribution in [0.3, 0.4) is 0 Å². The average Bonchev–Trinajstić information content (AvgIpc) is 3.09. The van der Waals surface area contributed by atoms with E-state index in [2.05, 4.69) is 4.98 Å². The lowest BCUT2D eigenvalue weighted by Gasteiger charge is -2.00. The van der Waals surface area contributed by atoms with E-state index in [4.69, 9.17) is 5.11 Å². The summed E-state index contributed by atoms with van der Waals surface area (Å²) in [7, 11) is 0. The van der Waals surface area contributed by atoms with E-state index in [0.717, 1.165) is 11.3 Å². The van der Waals surface area contributed by atoms with Gasteiger partial charge in [0.1, 0.15) is 4.88 Å². The summed E-state index contributed by atoms with van der Waals surface area (Å²) in [6.45, 7) is 0. The van der Waals surface area contributed by atoms with Crippen LogP contribution >= 0.6 is 11.3 Å². The molecule has 0 amide bonds. The lowest BCUT2D eigenvalue weighted by Crippen LogP contribution is -1.90. The largest absolute Gasteiger partial charge is 0.477 e. The highest BCUT2D eigenvalue weighted by Gasteiger charge is 2.30. The van der Waals surface area contributed by atoms with Gasteiger partial charge in [0.15, 0.2) is 0 Å². The van der Waals surface area contributed by atoms with Crippen molar-refractivity contribution in [3.63, 3.8) is 0 Å². The standard InChI is InChI=1S/C13H11NO2S/c15-13(16)11-7-9(10-3-1-2-6-14-10)12(17-11)8-4-5-8/h1-3,6-8H,4-5H2,(H,15,16). The zero-order valence-electron chi connectivity index (χ0n) is 9.09. The van der Waals surface area contributed by atoms with E-state index >= 15 is 0 Å². The number of carboxylic acid groups (broad SMARTS) is 1. The first-order valence-corrected chi connectivity index (χ1v) is 6.36. The van der Waals surface area contributed by atoms with E-state index in [1.54, 1.807) is 12.3 Å². The smallest absolute Gasteiger partial charge is 0.345 e. The highest BCUT2D eigenvalue weighted by molar-refractivity contribution is 7.14. The monoisotopic (exact) mass is 245 g/mol. The number of carbonyl (C=O) groups is 1. The van der Waals surface area contributed by atoms with E-state index in [9.17, 15) is 4.79 Å². The van der Waals surface area contributed by atoms with Gasteiger partial charge in [0.2, 0.25) is 0 Å². The first-order valence-electron chi connectivity index (χ1n) is 5.54. The van der Waals surface area contributed by atoms with Crippen molar-refractivity contribution < 1.29 is 9.90 Å². The van der Waals surface area contributed by atoms with Gasteiger partial charge in [-0.2, -0.15) is 0 Å². The minimum Gasteiger partial charge on any atom is -0.477 e. The van der Waals surface area contributed by atoms with Gasteiger partial charge >= 0.3 is 5.97 Å². The Hall–Kier alpha value is -1.68. The second-order valence-corrected chi connectivity index (χ2v) is 5.27. The van der Waals surface area contributed by atoms with Crippen molar-refractivity contribution in [2.75, 3.05) is 0 Å². The third-order valence-electron chi connectivity index (χ3n) is 2.86. The first kappa shape index (κ1) is 10.5. The molecule has 0 unspecified atom stereocenters. The fourth-order valence-electron chi connectivity index (χ4n) is 1.88. The Morgan fingerprint density at radius 3 is 2.82 bits per heavy atom. The molecular weight excluding hydrogens is 234 g/mol. The normalized spacial score (nSPS) is 14.8. The van der Waals surface area contributed by atoms with E-state index in [0.29, 0.717) is 10.8 Å². The van der Waals surface area contributed by atoms with Gasteiger partial charge in [-0.15, -0.1) is 11.3 Å². The van der Waals surface area contributed by atoms with Crippen molar-refractivity contribution in [2.24, 2.45) is 0 Å². The number of thiophene rings is 1. The molecule has 1 aliphatic carbocycles. The Labute approximate surface area is 103 Å². The molecule has 0 aromatic carbocycles. The number of nitrogens with zero attached hydrogens (tertiary/aromatic N) is 1. The van der Waals surface area contributed by atoms with Crippen LogP contribution in [-0.2, 0) is 0 Å². The van der Waals surface area contributed by atoms with E-state index in [1.807, 2.05) is 18.2 Å². The Morgan fingerprint density at radius 1 is 1.41 bits per heavy atom. The highest BCUT2D eigenvalue weighted by atomic mass is 32.1. The van der Waals surface area contributed by atoms with Crippen LogP contribution in [0.1, 0.15) is 33.3 Å². The van der Waals surface area contributed by atoms with Gasteiger partial charge in [-0.25, -0.2) is 4.79 Å². The molecule has 0 saturated heterocycles. The molecule has 0 atom stereocenters. The molecule has 86 valence electrons. The zero-order chi connectivity index (χ0) is 11.8. The summed E-state index contributed by atoms with van der Waals surface area (Å²) in [4.78, 5) is 16.9. The molecule has 4 heteroatoms.